The highest BCUT2D eigenvalue weighted by molar-refractivity contribution is 5.86. The molecule has 0 aliphatic rings. The standard InChI is InChI=1S/C16H20O/c1-12-14(11-17-16(2,3)4)10-9-13-7-5-6-8-15(12)13/h5-10H,11H2,1-4H3. The van der Waals surface area contributed by atoms with Gasteiger partial charge >= 0.3 is 0 Å². The Bertz CT molecular complexity index is 521. The van der Waals surface area contributed by atoms with E-state index in [-0.39, 0.29) is 5.60 Å². The minimum atomic E-state index is -0.0852. The molecule has 90 valence electrons. The van der Waals surface area contributed by atoms with Gasteiger partial charge in [-0.3, -0.25) is 0 Å². The maximum absolute atomic E-state index is 5.85. The lowest BCUT2D eigenvalue weighted by molar-refractivity contribution is -0.0151. The van der Waals surface area contributed by atoms with E-state index in [9.17, 15) is 0 Å². The van der Waals surface area contributed by atoms with E-state index in [1.165, 1.54) is 21.9 Å². The molecule has 2 aromatic rings. The molecule has 0 aliphatic heterocycles. The van der Waals surface area contributed by atoms with Gasteiger partial charge in [-0.15, -0.1) is 0 Å². The predicted octanol–water partition coefficient (Wildman–Crippen LogP) is 4.46. The summed E-state index contributed by atoms with van der Waals surface area (Å²) in [6.45, 7) is 9.11. The third-order valence-corrected chi connectivity index (χ3v) is 2.97. The topological polar surface area (TPSA) is 9.23 Å². The second-order valence-electron chi connectivity index (χ2n) is 5.47. The van der Waals surface area contributed by atoms with Crippen LogP contribution in [0, 0.1) is 6.92 Å². The van der Waals surface area contributed by atoms with Crippen molar-refractivity contribution >= 4 is 10.8 Å². The Labute approximate surface area is 103 Å². The molecular formula is C16H20O. The average molecular weight is 228 g/mol. The zero-order valence-electron chi connectivity index (χ0n) is 11.1. The molecule has 0 N–H and O–H groups in total. The van der Waals surface area contributed by atoms with E-state index in [4.69, 9.17) is 4.74 Å². The molecule has 1 heteroatoms. The van der Waals surface area contributed by atoms with E-state index < -0.39 is 0 Å². The Morgan fingerprint density at radius 1 is 1.00 bits per heavy atom. The van der Waals surface area contributed by atoms with Gasteiger partial charge < -0.3 is 4.74 Å². The minimum Gasteiger partial charge on any atom is -0.371 e. The summed E-state index contributed by atoms with van der Waals surface area (Å²) in [6.07, 6.45) is 0. The molecular weight excluding hydrogens is 208 g/mol. The number of fused-ring (bicyclic) bond motifs is 1. The number of aryl methyl sites for hydroxylation is 1. The number of hydrogen-bond acceptors (Lipinski definition) is 1. The SMILES string of the molecule is Cc1c(COC(C)(C)C)ccc2ccccc12. The quantitative estimate of drug-likeness (QED) is 0.737. The fourth-order valence-electron chi connectivity index (χ4n) is 1.92. The lowest BCUT2D eigenvalue weighted by Crippen LogP contribution is -2.19. The second-order valence-corrected chi connectivity index (χ2v) is 5.47. The van der Waals surface area contributed by atoms with Crippen LogP contribution >= 0.6 is 0 Å². The second kappa shape index (κ2) is 4.50. The summed E-state index contributed by atoms with van der Waals surface area (Å²) in [5.41, 5.74) is 2.52. The Kier molecular flexibility index (Phi) is 3.21. The van der Waals surface area contributed by atoms with Crippen molar-refractivity contribution in [2.24, 2.45) is 0 Å². The first kappa shape index (κ1) is 12.1. The van der Waals surface area contributed by atoms with Gasteiger partial charge in [-0.05, 0) is 49.6 Å². The van der Waals surface area contributed by atoms with E-state index in [1.54, 1.807) is 0 Å². The fourth-order valence-corrected chi connectivity index (χ4v) is 1.92. The van der Waals surface area contributed by atoms with Crippen molar-refractivity contribution in [3.63, 3.8) is 0 Å². The largest absolute Gasteiger partial charge is 0.371 e. The highest BCUT2D eigenvalue weighted by Crippen LogP contribution is 2.23. The van der Waals surface area contributed by atoms with Crippen molar-refractivity contribution < 1.29 is 4.74 Å². The van der Waals surface area contributed by atoms with E-state index in [0.29, 0.717) is 6.61 Å². The highest BCUT2D eigenvalue weighted by atomic mass is 16.5. The molecule has 0 radical (unpaired) electrons. The summed E-state index contributed by atoms with van der Waals surface area (Å²) < 4.78 is 5.85. The zero-order valence-corrected chi connectivity index (χ0v) is 11.1. The normalized spacial score (nSPS) is 12.0. The van der Waals surface area contributed by atoms with Gasteiger partial charge in [-0.1, -0.05) is 36.4 Å². The van der Waals surface area contributed by atoms with Crippen molar-refractivity contribution in [2.45, 2.75) is 39.9 Å². The molecule has 0 fully saturated rings. The van der Waals surface area contributed by atoms with Crippen molar-refractivity contribution in [3.05, 3.63) is 47.5 Å². The maximum atomic E-state index is 5.85. The summed E-state index contributed by atoms with van der Waals surface area (Å²) in [7, 11) is 0. The molecule has 0 amide bonds. The first-order valence-corrected chi connectivity index (χ1v) is 6.08. The van der Waals surface area contributed by atoms with Gasteiger partial charge in [-0.25, -0.2) is 0 Å². The molecule has 0 aromatic heterocycles. The van der Waals surface area contributed by atoms with Crippen LogP contribution in [0.25, 0.3) is 10.8 Å². The molecule has 0 saturated carbocycles. The van der Waals surface area contributed by atoms with E-state index >= 15 is 0 Å². The van der Waals surface area contributed by atoms with Gasteiger partial charge in [0.05, 0.1) is 12.2 Å². The molecule has 2 aromatic carbocycles. The van der Waals surface area contributed by atoms with Gasteiger partial charge in [0.15, 0.2) is 0 Å². The highest BCUT2D eigenvalue weighted by Gasteiger charge is 2.11. The monoisotopic (exact) mass is 228 g/mol. The molecule has 0 aliphatic carbocycles. The zero-order chi connectivity index (χ0) is 12.5. The van der Waals surface area contributed by atoms with E-state index in [0.717, 1.165) is 0 Å². The van der Waals surface area contributed by atoms with Gasteiger partial charge in [0.25, 0.3) is 0 Å². The first-order valence-electron chi connectivity index (χ1n) is 6.08. The van der Waals surface area contributed by atoms with Crippen molar-refractivity contribution in [2.75, 3.05) is 0 Å². The minimum absolute atomic E-state index is 0.0852. The van der Waals surface area contributed by atoms with E-state index in [2.05, 4.69) is 64.1 Å². The molecule has 2 rings (SSSR count). The summed E-state index contributed by atoms with van der Waals surface area (Å²) in [5, 5.41) is 2.62. The number of benzene rings is 2. The average Bonchev–Trinajstić information content (AvgIpc) is 2.27. The molecule has 0 heterocycles. The van der Waals surface area contributed by atoms with Gasteiger partial charge in [0.1, 0.15) is 0 Å². The molecule has 0 saturated heterocycles. The van der Waals surface area contributed by atoms with Crippen molar-refractivity contribution in [1.29, 1.82) is 0 Å². The third-order valence-electron chi connectivity index (χ3n) is 2.97. The molecule has 0 bridgehead atoms. The molecule has 0 atom stereocenters. The Morgan fingerprint density at radius 2 is 1.71 bits per heavy atom. The van der Waals surface area contributed by atoms with Crippen molar-refractivity contribution in [1.82, 2.24) is 0 Å². The lowest BCUT2D eigenvalue weighted by atomic mass is 10.0. The van der Waals surface area contributed by atoms with Crippen LogP contribution in [0.1, 0.15) is 31.9 Å². The van der Waals surface area contributed by atoms with Crippen LogP contribution in [0.3, 0.4) is 0 Å². The Morgan fingerprint density at radius 3 is 2.41 bits per heavy atom. The van der Waals surface area contributed by atoms with Crippen LogP contribution in [0.5, 0.6) is 0 Å². The van der Waals surface area contributed by atoms with Gasteiger partial charge in [0, 0.05) is 0 Å². The third kappa shape index (κ3) is 2.86. The summed E-state index contributed by atoms with van der Waals surface area (Å²) in [6, 6.07) is 12.8. The van der Waals surface area contributed by atoms with Crippen LogP contribution in [-0.4, -0.2) is 5.60 Å². The fraction of sp³-hybridized carbons (Fsp3) is 0.375. The Hall–Kier alpha value is -1.34. The number of hydrogen-bond donors (Lipinski definition) is 0. The number of ether oxygens (including phenoxy) is 1. The van der Waals surface area contributed by atoms with Crippen LogP contribution in [0.4, 0.5) is 0 Å². The summed E-state index contributed by atoms with van der Waals surface area (Å²) >= 11 is 0. The summed E-state index contributed by atoms with van der Waals surface area (Å²) in [4.78, 5) is 0. The Balaban J connectivity index is 2.33. The lowest BCUT2D eigenvalue weighted by Gasteiger charge is -2.20. The molecule has 1 nitrogen and oxygen atoms in total. The molecule has 17 heavy (non-hydrogen) atoms. The van der Waals surface area contributed by atoms with Crippen molar-refractivity contribution in [3.8, 4) is 0 Å². The number of rotatable bonds is 2. The first-order chi connectivity index (χ1) is 7.97. The van der Waals surface area contributed by atoms with E-state index in [1.807, 2.05) is 0 Å². The molecule has 0 spiro atoms. The predicted molar refractivity (Wildman–Crippen MR) is 73.2 cm³/mol. The van der Waals surface area contributed by atoms with Gasteiger partial charge in [0.2, 0.25) is 0 Å². The van der Waals surface area contributed by atoms with Crippen LogP contribution < -0.4 is 0 Å². The molecule has 0 unspecified atom stereocenters. The van der Waals surface area contributed by atoms with Crippen LogP contribution in [-0.2, 0) is 11.3 Å². The maximum Gasteiger partial charge on any atom is 0.0726 e. The van der Waals surface area contributed by atoms with Crippen LogP contribution in [0.15, 0.2) is 36.4 Å². The smallest absolute Gasteiger partial charge is 0.0726 e. The van der Waals surface area contributed by atoms with Crippen LogP contribution in [0.2, 0.25) is 0 Å². The van der Waals surface area contributed by atoms with Gasteiger partial charge in [-0.2, -0.15) is 0 Å². The summed E-state index contributed by atoms with van der Waals surface area (Å²) in [5.74, 6) is 0.